The highest BCUT2D eigenvalue weighted by Crippen LogP contribution is 2.05. The molecule has 0 saturated heterocycles. The lowest BCUT2D eigenvalue weighted by molar-refractivity contribution is -0.139. The van der Waals surface area contributed by atoms with Crippen molar-refractivity contribution in [1.82, 2.24) is 0 Å². The van der Waals surface area contributed by atoms with Crippen molar-refractivity contribution in [1.29, 1.82) is 0 Å². The van der Waals surface area contributed by atoms with E-state index in [2.05, 4.69) is 0 Å². The minimum Gasteiger partial charge on any atom is -0.481 e. The van der Waals surface area contributed by atoms with Crippen molar-refractivity contribution in [3.63, 3.8) is 0 Å². The summed E-state index contributed by atoms with van der Waals surface area (Å²) in [6.45, 7) is 0. The number of carboxylic acid groups (broad SMARTS) is 2. The van der Waals surface area contributed by atoms with Gasteiger partial charge >= 0.3 is 11.9 Å². The van der Waals surface area contributed by atoms with Gasteiger partial charge < -0.3 is 15.9 Å². The van der Waals surface area contributed by atoms with Crippen LogP contribution in [0, 0.1) is 0 Å². The van der Waals surface area contributed by atoms with Crippen LogP contribution < -0.4 is 5.73 Å². The highest BCUT2D eigenvalue weighted by molar-refractivity contribution is 7.85. The SMILES string of the molecule is NC(CCC(=O)O)C(=O)O.O=S(=O)(O)c1ccccc1. The number of carbonyl (C=O) groups is 2. The standard InChI is InChI=1S/C6H6O3S.C5H9NO4/c7-10(8,9)6-4-2-1-3-5-6;6-3(5(9)10)1-2-4(7)8/h1-5H,(H,7,8,9);3H,1-2,6H2,(H,7,8)(H,9,10). The molecule has 0 radical (unpaired) electrons. The molecule has 0 bridgehead atoms. The van der Waals surface area contributed by atoms with Crippen molar-refractivity contribution >= 4 is 22.1 Å². The molecule has 5 N–H and O–H groups in total. The Morgan fingerprint density at radius 3 is 1.95 bits per heavy atom. The molecule has 0 aromatic heterocycles. The summed E-state index contributed by atoms with van der Waals surface area (Å²) in [5, 5.41) is 16.3. The predicted molar refractivity (Wildman–Crippen MR) is 68.7 cm³/mol. The quantitative estimate of drug-likeness (QED) is 0.562. The molecule has 0 aliphatic heterocycles. The van der Waals surface area contributed by atoms with E-state index in [0.717, 1.165) is 0 Å². The van der Waals surface area contributed by atoms with E-state index in [9.17, 15) is 18.0 Å². The summed E-state index contributed by atoms with van der Waals surface area (Å²) in [6, 6.07) is 6.36. The molecule has 1 aromatic rings. The maximum absolute atomic E-state index is 10.4. The van der Waals surface area contributed by atoms with Crippen LogP contribution in [0.1, 0.15) is 12.8 Å². The summed E-state index contributed by atoms with van der Waals surface area (Å²) >= 11 is 0. The van der Waals surface area contributed by atoms with Gasteiger partial charge in [0.15, 0.2) is 0 Å². The zero-order valence-electron chi connectivity index (χ0n) is 10.3. The average molecular weight is 305 g/mol. The maximum atomic E-state index is 10.4. The topological polar surface area (TPSA) is 155 Å². The number of aliphatic carboxylic acids is 2. The van der Waals surface area contributed by atoms with E-state index in [4.69, 9.17) is 20.5 Å². The van der Waals surface area contributed by atoms with Gasteiger partial charge in [-0.3, -0.25) is 14.1 Å². The van der Waals surface area contributed by atoms with Crippen molar-refractivity contribution in [2.45, 2.75) is 23.8 Å². The summed E-state index contributed by atoms with van der Waals surface area (Å²) in [5.74, 6) is -2.20. The molecule has 0 saturated carbocycles. The highest BCUT2D eigenvalue weighted by atomic mass is 32.2. The van der Waals surface area contributed by atoms with Crippen LogP contribution in [-0.2, 0) is 19.7 Å². The van der Waals surface area contributed by atoms with Crippen LogP contribution in [0.25, 0.3) is 0 Å². The predicted octanol–water partition coefficient (Wildman–Crippen LogP) is 0.196. The molecular weight excluding hydrogens is 290 g/mol. The second-order valence-corrected chi connectivity index (χ2v) is 5.09. The molecule has 20 heavy (non-hydrogen) atoms. The van der Waals surface area contributed by atoms with Gasteiger partial charge in [-0.1, -0.05) is 18.2 Å². The van der Waals surface area contributed by atoms with Crippen LogP contribution >= 0.6 is 0 Å². The fourth-order valence-electron chi connectivity index (χ4n) is 0.995. The van der Waals surface area contributed by atoms with Crippen molar-refractivity contribution in [3.8, 4) is 0 Å². The zero-order chi connectivity index (χ0) is 15.8. The van der Waals surface area contributed by atoms with Gasteiger partial charge in [-0.05, 0) is 18.6 Å². The molecule has 0 aliphatic carbocycles. The molecule has 0 aliphatic rings. The second-order valence-electron chi connectivity index (χ2n) is 3.67. The van der Waals surface area contributed by atoms with Crippen LogP contribution in [-0.4, -0.2) is 41.2 Å². The molecule has 1 aromatic carbocycles. The Kier molecular flexibility index (Phi) is 7.44. The third-order valence-corrected chi connectivity index (χ3v) is 2.90. The summed E-state index contributed by atoms with van der Waals surface area (Å²) in [7, 11) is -4.00. The van der Waals surface area contributed by atoms with Gasteiger partial charge in [0.2, 0.25) is 0 Å². The highest BCUT2D eigenvalue weighted by Gasteiger charge is 2.12. The van der Waals surface area contributed by atoms with Crippen LogP contribution in [0.2, 0.25) is 0 Å². The zero-order valence-corrected chi connectivity index (χ0v) is 11.2. The first kappa shape index (κ1) is 18.0. The number of carboxylic acids is 2. The molecule has 1 unspecified atom stereocenters. The third-order valence-electron chi connectivity index (χ3n) is 2.03. The Labute approximate surface area is 115 Å². The van der Waals surface area contributed by atoms with Gasteiger partial charge in [0, 0.05) is 6.42 Å². The van der Waals surface area contributed by atoms with Crippen molar-refractivity contribution in [2.75, 3.05) is 0 Å². The second kappa shape index (κ2) is 8.25. The van der Waals surface area contributed by atoms with Crippen LogP contribution in [0.3, 0.4) is 0 Å². The fraction of sp³-hybridized carbons (Fsp3) is 0.273. The van der Waals surface area contributed by atoms with Gasteiger partial charge in [0.1, 0.15) is 6.04 Å². The molecule has 0 heterocycles. The van der Waals surface area contributed by atoms with Crippen LogP contribution in [0.15, 0.2) is 35.2 Å². The number of nitrogens with two attached hydrogens (primary N) is 1. The van der Waals surface area contributed by atoms with E-state index < -0.39 is 28.1 Å². The molecule has 1 rings (SSSR count). The van der Waals surface area contributed by atoms with E-state index in [-0.39, 0.29) is 17.7 Å². The summed E-state index contributed by atoms with van der Waals surface area (Å²) < 4.78 is 29.2. The monoisotopic (exact) mass is 305 g/mol. The van der Waals surface area contributed by atoms with E-state index >= 15 is 0 Å². The average Bonchev–Trinajstić information content (AvgIpc) is 2.36. The van der Waals surface area contributed by atoms with E-state index in [1.54, 1.807) is 18.2 Å². The first-order valence-electron chi connectivity index (χ1n) is 5.37. The van der Waals surface area contributed by atoms with Crippen molar-refractivity contribution in [3.05, 3.63) is 30.3 Å². The number of rotatable bonds is 5. The smallest absolute Gasteiger partial charge is 0.320 e. The Morgan fingerprint density at radius 1 is 1.15 bits per heavy atom. The van der Waals surface area contributed by atoms with Crippen LogP contribution in [0.4, 0.5) is 0 Å². The lowest BCUT2D eigenvalue weighted by Gasteiger charge is -2.01. The van der Waals surface area contributed by atoms with Gasteiger partial charge in [-0.25, -0.2) is 0 Å². The summed E-state index contributed by atoms with van der Waals surface area (Å²) in [4.78, 5) is 19.8. The van der Waals surface area contributed by atoms with Gasteiger partial charge in [-0.15, -0.1) is 0 Å². The number of hydrogen-bond acceptors (Lipinski definition) is 5. The molecule has 112 valence electrons. The Hall–Kier alpha value is -1.97. The van der Waals surface area contributed by atoms with Crippen molar-refractivity contribution in [2.24, 2.45) is 5.73 Å². The molecular formula is C11H15NO7S. The molecule has 8 nitrogen and oxygen atoms in total. The Morgan fingerprint density at radius 2 is 1.65 bits per heavy atom. The molecule has 1 atom stereocenters. The van der Waals surface area contributed by atoms with Gasteiger partial charge in [0.25, 0.3) is 10.1 Å². The van der Waals surface area contributed by atoms with E-state index in [0.29, 0.717) is 0 Å². The van der Waals surface area contributed by atoms with Crippen molar-refractivity contribution < 1.29 is 32.8 Å². The molecule has 9 heteroatoms. The first-order chi connectivity index (χ1) is 9.14. The molecule has 0 spiro atoms. The van der Waals surface area contributed by atoms with Crippen LogP contribution in [0.5, 0.6) is 0 Å². The van der Waals surface area contributed by atoms with Gasteiger partial charge in [-0.2, -0.15) is 8.42 Å². The lowest BCUT2D eigenvalue weighted by Crippen LogP contribution is -2.30. The minimum atomic E-state index is -4.00. The summed E-state index contributed by atoms with van der Waals surface area (Å²) in [6.07, 6.45) is -0.224. The third kappa shape index (κ3) is 8.19. The van der Waals surface area contributed by atoms with Gasteiger partial charge in [0.05, 0.1) is 4.90 Å². The van der Waals surface area contributed by atoms with E-state index in [1.807, 2.05) is 0 Å². The maximum Gasteiger partial charge on any atom is 0.320 e. The largest absolute Gasteiger partial charge is 0.481 e. The lowest BCUT2D eigenvalue weighted by atomic mass is 10.2. The minimum absolute atomic E-state index is 0.0231. The first-order valence-corrected chi connectivity index (χ1v) is 6.81. The molecule has 0 amide bonds. The summed E-state index contributed by atoms with van der Waals surface area (Å²) in [5.41, 5.74) is 5.00. The number of benzene rings is 1. The van der Waals surface area contributed by atoms with E-state index in [1.165, 1.54) is 12.1 Å². The Bertz CT molecular complexity index is 541. The number of hydrogen-bond donors (Lipinski definition) is 4. The molecule has 0 fully saturated rings. The fourth-order valence-corrected chi connectivity index (χ4v) is 1.50. The normalized spacial score (nSPS) is 11.9. The Balaban J connectivity index is 0.000000361.